The zero-order valence-corrected chi connectivity index (χ0v) is 15.8. The Bertz CT molecular complexity index is 569. The minimum absolute atomic E-state index is 0.0539. The molecule has 0 aromatic heterocycles. The molecule has 1 aromatic rings. The van der Waals surface area contributed by atoms with Gasteiger partial charge in [0, 0.05) is 39.8 Å². The highest BCUT2D eigenvalue weighted by Gasteiger charge is 2.06. The Balaban J connectivity index is 2.39. The number of allylic oxidation sites excluding steroid dienone is 1. The maximum absolute atomic E-state index is 11.7. The first-order chi connectivity index (χ1) is 12.1. The van der Waals surface area contributed by atoms with E-state index in [-0.39, 0.29) is 5.91 Å². The number of rotatable bonds is 10. The van der Waals surface area contributed by atoms with Crippen molar-refractivity contribution in [3.05, 3.63) is 48.0 Å². The average Bonchev–Trinajstić information content (AvgIpc) is 2.64. The van der Waals surface area contributed by atoms with Gasteiger partial charge in [-0.25, -0.2) is 0 Å². The van der Waals surface area contributed by atoms with Crippen molar-refractivity contribution < 1.29 is 4.79 Å². The van der Waals surface area contributed by atoms with Crippen LogP contribution in [-0.2, 0) is 6.42 Å². The van der Waals surface area contributed by atoms with Crippen LogP contribution in [0, 0.1) is 0 Å². The van der Waals surface area contributed by atoms with Gasteiger partial charge in [-0.1, -0.05) is 24.6 Å². The van der Waals surface area contributed by atoms with Crippen LogP contribution in [-0.4, -0.2) is 51.0 Å². The summed E-state index contributed by atoms with van der Waals surface area (Å²) in [5, 5.41) is 6.04. The molecule has 0 unspecified atom stereocenters. The minimum Gasteiger partial charge on any atom is -0.356 e. The fraction of sp³-hybridized carbons (Fsp3) is 0.500. The number of carbonyl (C=O) groups is 1. The van der Waals surface area contributed by atoms with Crippen molar-refractivity contribution in [2.75, 3.05) is 34.2 Å². The zero-order chi connectivity index (χ0) is 18.5. The lowest BCUT2D eigenvalue weighted by atomic mass is 10.1. The number of benzene rings is 1. The predicted molar refractivity (Wildman–Crippen MR) is 106 cm³/mol. The summed E-state index contributed by atoms with van der Waals surface area (Å²) in [6, 6.07) is 7.73. The molecule has 5 heteroatoms. The molecule has 0 atom stereocenters. The number of nitrogens with zero attached hydrogens (tertiary/aromatic N) is 2. The highest BCUT2D eigenvalue weighted by molar-refractivity contribution is 5.94. The van der Waals surface area contributed by atoms with E-state index < -0.39 is 0 Å². The van der Waals surface area contributed by atoms with Crippen molar-refractivity contribution in [3.8, 4) is 0 Å². The topological polar surface area (TPSA) is 56.7 Å². The number of amides is 1. The summed E-state index contributed by atoms with van der Waals surface area (Å²) in [6.45, 7) is 5.52. The Labute approximate surface area is 152 Å². The molecule has 0 bridgehead atoms. The summed E-state index contributed by atoms with van der Waals surface area (Å²) < 4.78 is 0. The van der Waals surface area contributed by atoms with Crippen LogP contribution in [0.1, 0.15) is 41.6 Å². The van der Waals surface area contributed by atoms with Gasteiger partial charge in [0.2, 0.25) is 0 Å². The van der Waals surface area contributed by atoms with Gasteiger partial charge in [0.05, 0.1) is 0 Å². The van der Waals surface area contributed by atoms with Crippen LogP contribution >= 0.6 is 0 Å². The van der Waals surface area contributed by atoms with E-state index in [1.807, 2.05) is 37.4 Å². The summed E-state index contributed by atoms with van der Waals surface area (Å²) in [5.41, 5.74) is 1.83. The lowest BCUT2D eigenvalue weighted by Gasteiger charge is -2.22. The highest BCUT2D eigenvalue weighted by Crippen LogP contribution is 2.06. The third kappa shape index (κ3) is 7.88. The van der Waals surface area contributed by atoms with Gasteiger partial charge >= 0.3 is 0 Å². The minimum atomic E-state index is -0.0539. The standard InChI is InChI=1S/C20H32N4O/c1-5-6-7-8-9-15-24(4)20(22-3)23-14-13-17-11-10-12-18(16-17)19(25)21-2/h5,10-12,16H,1,6-9,13-15H2,2-4H3,(H,21,25)(H,22,23). The second kappa shape index (κ2) is 12.1. The molecule has 1 rings (SSSR count). The molecule has 0 saturated heterocycles. The quantitative estimate of drug-likeness (QED) is 0.297. The molecule has 0 aliphatic rings. The number of hydrogen-bond donors (Lipinski definition) is 2. The molecular formula is C20H32N4O. The second-order valence-electron chi connectivity index (χ2n) is 6.06. The molecular weight excluding hydrogens is 312 g/mol. The highest BCUT2D eigenvalue weighted by atomic mass is 16.1. The van der Waals surface area contributed by atoms with Crippen LogP contribution in [0.4, 0.5) is 0 Å². The normalized spacial score (nSPS) is 11.1. The first-order valence-electron chi connectivity index (χ1n) is 8.96. The first-order valence-corrected chi connectivity index (χ1v) is 8.96. The van der Waals surface area contributed by atoms with E-state index in [1.165, 1.54) is 12.8 Å². The third-order valence-electron chi connectivity index (χ3n) is 4.09. The lowest BCUT2D eigenvalue weighted by molar-refractivity contribution is 0.0963. The van der Waals surface area contributed by atoms with Crippen molar-refractivity contribution in [3.63, 3.8) is 0 Å². The van der Waals surface area contributed by atoms with Crippen molar-refractivity contribution in [1.82, 2.24) is 15.5 Å². The Morgan fingerprint density at radius 3 is 2.80 bits per heavy atom. The van der Waals surface area contributed by atoms with E-state index >= 15 is 0 Å². The van der Waals surface area contributed by atoms with Crippen LogP contribution < -0.4 is 10.6 Å². The van der Waals surface area contributed by atoms with E-state index in [1.54, 1.807) is 7.05 Å². The Kier molecular flexibility index (Phi) is 10.1. The van der Waals surface area contributed by atoms with Gasteiger partial charge in [-0.05, 0) is 43.4 Å². The van der Waals surface area contributed by atoms with Gasteiger partial charge in [0.25, 0.3) is 5.91 Å². The van der Waals surface area contributed by atoms with E-state index in [2.05, 4.69) is 34.2 Å². The van der Waals surface area contributed by atoms with Crippen molar-refractivity contribution in [2.45, 2.75) is 32.1 Å². The summed E-state index contributed by atoms with van der Waals surface area (Å²) in [4.78, 5) is 18.2. The molecule has 0 aliphatic carbocycles. The zero-order valence-electron chi connectivity index (χ0n) is 15.8. The molecule has 2 N–H and O–H groups in total. The number of nitrogens with one attached hydrogen (secondary N) is 2. The summed E-state index contributed by atoms with van der Waals surface area (Å²) in [5.74, 6) is 0.855. The largest absolute Gasteiger partial charge is 0.356 e. The van der Waals surface area contributed by atoms with Gasteiger partial charge < -0.3 is 15.5 Å². The van der Waals surface area contributed by atoms with Gasteiger partial charge in [-0.2, -0.15) is 0 Å². The maximum Gasteiger partial charge on any atom is 0.251 e. The molecule has 5 nitrogen and oxygen atoms in total. The number of aliphatic imine (C=N–C) groups is 1. The first kappa shape index (κ1) is 20.7. The summed E-state index contributed by atoms with van der Waals surface area (Å²) >= 11 is 0. The Hall–Kier alpha value is -2.30. The van der Waals surface area contributed by atoms with Crippen molar-refractivity contribution >= 4 is 11.9 Å². The number of hydrogen-bond acceptors (Lipinski definition) is 2. The van der Waals surface area contributed by atoms with E-state index in [4.69, 9.17) is 0 Å². The molecule has 0 aliphatic heterocycles. The molecule has 1 aromatic carbocycles. The van der Waals surface area contributed by atoms with Gasteiger partial charge in [-0.3, -0.25) is 9.79 Å². The molecule has 138 valence electrons. The van der Waals surface area contributed by atoms with E-state index in [0.717, 1.165) is 43.9 Å². The van der Waals surface area contributed by atoms with Gasteiger partial charge in [0.15, 0.2) is 5.96 Å². The van der Waals surface area contributed by atoms with Gasteiger partial charge in [0.1, 0.15) is 0 Å². The monoisotopic (exact) mass is 344 g/mol. The molecule has 0 spiro atoms. The molecule has 0 saturated carbocycles. The third-order valence-corrected chi connectivity index (χ3v) is 4.09. The average molecular weight is 345 g/mol. The number of unbranched alkanes of at least 4 members (excludes halogenated alkanes) is 3. The number of guanidine groups is 1. The van der Waals surface area contributed by atoms with E-state index in [0.29, 0.717) is 5.56 Å². The Morgan fingerprint density at radius 2 is 2.12 bits per heavy atom. The SMILES string of the molecule is C=CCCCCCN(C)C(=NC)NCCc1cccc(C(=O)NC)c1. The molecule has 0 radical (unpaired) electrons. The summed E-state index contributed by atoms with van der Waals surface area (Å²) in [7, 11) is 5.52. The maximum atomic E-state index is 11.7. The molecule has 1 amide bonds. The van der Waals surface area contributed by atoms with Crippen molar-refractivity contribution in [2.24, 2.45) is 4.99 Å². The van der Waals surface area contributed by atoms with Crippen LogP contribution in [0.2, 0.25) is 0 Å². The fourth-order valence-electron chi connectivity index (χ4n) is 2.64. The predicted octanol–water partition coefficient (Wildman–Crippen LogP) is 2.84. The lowest BCUT2D eigenvalue weighted by Crippen LogP contribution is -2.40. The molecule has 0 fully saturated rings. The molecule has 0 heterocycles. The van der Waals surface area contributed by atoms with Crippen LogP contribution in [0.5, 0.6) is 0 Å². The fourth-order valence-corrected chi connectivity index (χ4v) is 2.64. The van der Waals surface area contributed by atoms with Crippen LogP contribution in [0.3, 0.4) is 0 Å². The Morgan fingerprint density at radius 1 is 1.32 bits per heavy atom. The molecule has 25 heavy (non-hydrogen) atoms. The van der Waals surface area contributed by atoms with E-state index in [9.17, 15) is 4.79 Å². The number of carbonyl (C=O) groups excluding carboxylic acids is 1. The van der Waals surface area contributed by atoms with Crippen molar-refractivity contribution in [1.29, 1.82) is 0 Å². The second-order valence-corrected chi connectivity index (χ2v) is 6.06. The van der Waals surface area contributed by atoms with Crippen LogP contribution in [0.25, 0.3) is 0 Å². The van der Waals surface area contributed by atoms with Gasteiger partial charge in [-0.15, -0.1) is 6.58 Å². The van der Waals surface area contributed by atoms with Crippen LogP contribution in [0.15, 0.2) is 41.9 Å². The smallest absolute Gasteiger partial charge is 0.251 e. The summed E-state index contributed by atoms with van der Waals surface area (Å²) in [6.07, 6.45) is 7.47.